The normalized spacial score (nSPS) is 11.6. The maximum atomic E-state index is 12.9. The fourth-order valence-electron chi connectivity index (χ4n) is 3.48. The average molecular weight is 462 g/mol. The number of carbonyl (C=O) groups is 1. The first-order valence-electron chi connectivity index (χ1n) is 10.4. The topological polar surface area (TPSA) is 94.2 Å². The lowest BCUT2D eigenvalue weighted by molar-refractivity contribution is 0.249. The predicted molar refractivity (Wildman–Crippen MR) is 132 cm³/mol. The average Bonchev–Trinajstić information content (AvgIpc) is 3.15. The van der Waals surface area contributed by atoms with Gasteiger partial charge in [0.05, 0.1) is 23.9 Å². The van der Waals surface area contributed by atoms with Crippen LogP contribution >= 0.6 is 11.6 Å². The molecule has 1 atom stereocenters. The van der Waals surface area contributed by atoms with E-state index in [2.05, 4.69) is 15.7 Å². The van der Waals surface area contributed by atoms with Gasteiger partial charge in [-0.15, -0.1) is 0 Å². The Balaban J connectivity index is 1.70. The van der Waals surface area contributed by atoms with Crippen LogP contribution in [0.5, 0.6) is 5.75 Å². The van der Waals surface area contributed by atoms with E-state index in [0.717, 1.165) is 11.1 Å². The molecule has 4 aromatic rings. The lowest BCUT2D eigenvalue weighted by atomic mass is 10.1. The summed E-state index contributed by atoms with van der Waals surface area (Å²) < 4.78 is 6.78. The third-order valence-corrected chi connectivity index (χ3v) is 5.57. The van der Waals surface area contributed by atoms with Crippen molar-refractivity contribution in [3.63, 3.8) is 0 Å². The van der Waals surface area contributed by atoms with E-state index in [1.165, 1.54) is 4.68 Å². The molecule has 0 bridgehead atoms. The number of nitrogen functional groups attached to an aromatic ring is 1. The van der Waals surface area contributed by atoms with Crippen molar-refractivity contribution in [3.8, 4) is 22.7 Å². The molecule has 4 N–H and O–H groups in total. The lowest BCUT2D eigenvalue weighted by Crippen LogP contribution is -2.31. The first-order chi connectivity index (χ1) is 16.0. The Kier molecular flexibility index (Phi) is 6.51. The second kappa shape index (κ2) is 9.67. The highest BCUT2D eigenvalue weighted by atomic mass is 35.5. The summed E-state index contributed by atoms with van der Waals surface area (Å²) in [7, 11) is 1.60. The number of amides is 2. The van der Waals surface area contributed by atoms with E-state index in [-0.39, 0.29) is 11.9 Å². The zero-order valence-corrected chi connectivity index (χ0v) is 19.0. The van der Waals surface area contributed by atoms with Crippen molar-refractivity contribution in [2.24, 2.45) is 0 Å². The molecule has 0 aliphatic carbocycles. The summed E-state index contributed by atoms with van der Waals surface area (Å²) in [5.41, 5.74) is 9.72. The molecule has 1 heterocycles. The van der Waals surface area contributed by atoms with Gasteiger partial charge in [0, 0.05) is 5.56 Å². The van der Waals surface area contributed by atoms with Gasteiger partial charge in [0.15, 0.2) is 5.82 Å². The first kappa shape index (κ1) is 22.2. The molecule has 0 radical (unpaired) electrons. The number of carbonyl (C=O) groups excluding carboxylic acids is 1. The Bertz CT molecular complexity index is 1260. The maximum Gasteiger partial charge on any atom is 0.319 e. The summed E-state index contributed by atoms with van der Waals surface area (Å²) in [6, 6.07) is 23.7. The van der Waals surface area contributed by atoms with Gasteiger partial charge in [-0.2, -0.15) is 5.10 Å². The first-order valence-corrected chi connectivity index (χ1v) is 10.8. The number of nitrogens with two attached hydrogens (primary N) is 1. The summed E-state index contributed by atoms with van der Waals surface area (Å²) in [5, 5.41) is 11.0. The monoisotopic (exact) mass is 461 g/mol. The summed E-state index contributed by atoms with van der Waals surface area (Å²) in [6.45, 7) is 1.91. The molecule has 0 fully saturated rings. The van der Waals surface area contributed by atoms with Gasteiger partial charge in [0.2, 0.25) is 0 Å². The van der Waals surface area contributed by atoms with Crippen LogP contribution in [0, 0.1) is 0 Å². The predicted octanol–water partition coefficient (Wildman–Crippen LogP) is 5.67. The molecule has 4 rings (SSSR count). The van der Waals surface area contributed by atoms with Crippen LogP contribution in [-0.4, -0.2) is 22.9 Å². The highest BCUT2D eigenvalue weighted by Gasteiger charge is 2.22. The summed E-state index contributed by atoms with van der Waals surface area (Å²) in [6.07, 6.45) is 0. The fourth-order valence-corrected chi connectivity index (χ4v) is 3.70. The number of urea groups is 1. The standard InChI is InChI=1S/C25H24ClN5O2/c1-16(17-8-4-3-5-9-17)28-25(32)29-23-22(18-12-14-19(33-2)15-13-18)30-31(24(23)27)21-11-7-6-10-20(21)26/h3-16H,27H2,1-2H3,(H2,28,29,32)/t16-/m1/s1. The number of hydrogen-bond acceptors (Lipinski definition) is 4. The number of hydrogen-bond donors (Lipinski definition) is 3. The number of ether oxygens (including phenoxy) is 1. The van der Waals surface area contributed by atoms with Crippen molar-refractivity contribution in [2.45, 2.75) is 13.0 Å². The molecule has 0 aliphatic rings. The van der Waals surface area contributed by atoms with Crippen molar-refractivity contribution in [2.75, 3.05) is 18.2 Å². The van der Waals surface area contributed by atoms with Gasteiger partial charge in [-0.3, -0.25) is 0 Å². The van der Waals surface area contributed by atoms with Crippen LogP contribution in [0.25, 0.3) is 16.9 Å². The van der Waals surface area contributed by atoms with Crippen molar-refractivity contribution in [1.29, 1.82) is 0 Å². The van der Waals surface area contributed by atoms with Crippen LogP contribution in [0.3, 0.4) is 0 Å². The highest BCUT2D eigenvalue weighted by Crippen LogP contribution is 2.36. The summed E-state index contributed by atoms with van der Waals surface area (Å²) >= 11 is 6.39. The molecule has 7 nitrogen and oxygen atoms in total. The van der Waals surface area contributed by atoms with Gasteiger partial charge < -0.3 is 21.1 Å². The third kappa shape index (κ3) is 4.78. The van der Waals surface area contributed by atoms with Crippen molar-refractivity contribution in [3.05, 3.63) is 89.4 Å². The van der Waals surface area contributed by atoms with Crippen LogP contribution in [0.2, 0.25) is 5.02 Å². The Morgan fingerprint density at radius 2 is 1.70 bits per heavy atom. The van der Waals surface area contributed by atoms with E-state index in [4.69, 9.17) is 22.1 Å². The minimum Gasteiger partial charge on any atom is -0.497 e. The Hall–Kier alpha value is -3.97. The van der Waals surface area contributed by atoms with E-state index in [9.17, 15) is 4.79 Å². The molecule has 0 unspecified atom stereocenters. The van der Waals surface area contributed by atoms with Gasteiger partial charge in [0.25, 0.3) is 0 Å². The smallest absolute Gasteiger partial charge is 0.319 e. The Labute approximate surface area is 197 Å². The molecule has 0 saturated carbocycles. The Morgan fingerprint density at radius 1 is 1.03 bits per heavy atom. The fraction of sp³-hybridized carbons (Fsp3) is 0.120. The molecule has 0 aliphatic heterocycles. The van der Waals surface area contributed by atoms with Crippen LogP contribution in [0.15, 0.2) is 78.9 Å². The summed E-state index contributed by atoms with van der Waals surface area (Å²) in [4.78, 5) is 12.9. The number of para-hydroxylation sites is 1. The van der Waals surface area contributed by atoms with E-state index in [1.54, 1.807) is 13.2 Å². The largest absolute Gasteiger partial charge is 0.497 e. The third-order valence-electron chi connectivity index (χ3n) is 5.25. The van der Waals surface area contributed by atoms with Crippen molar-refractivity contribution < 1.29 is 9.53 Å². The van der Waals surface area contributed by atoms with E-state index < -0.39 is 6.03 Å². The second-order valence-corrected chi connectivity index (χ2v) is 7.84. The number of methoxy groups -OCH3 is 1. The van der Waals surface area contributed by atoms with E-state index in [1.807, 2.05) is 79.7 Å². The molecular formula is C25H24ClN5O2. The molecule has 1 aromatic heterocycles. The lowest BCUT2D eigenvalue weighted by Gasteiger charge is -2.15. The van der Waals surface area contributed by atoms with Gasteiger partial charge in [-0.1, -0.05) is 54.1 Å². The van der Waals surface area contributed by atoms with Crippen molar-refractivity contribution >= 4 is 29.1 Å². The SMILES string of the molecule is COc1ccc(-c2nn(-c3ccccc3Cl)c(N)c2NC(=O)N[C@H](C)c2ccccc2)cc1. The van der Waals surface area contributed by atoms with Gasteiger partial charge >= 0.3 is 6.03 Å². The minimum absolute atomic E-state index is 0.199. The van der Waals surface area contributed by atoms with E-state index in [0.29, 0.717) is 27.8 Å². The second-order valence-electron chi connectivity index (χ2n) is 7.43. The Morgan fingerprint density at radius 3 is 2.36 bits per heavy atom. The van der Waals surface area contributed by atoms with Crippen molar-refractivity contribution in [1.82, 2.24) is 15.1 Å². The maximum absolute atomic E-state index is 12.9. The molecule has 0 spiro atoms. The van der Waals surface area contributed by atoms with Gasteiger partial charge in [-0.05, 0) is 48.9 Å². The zero-order chi connectivity index (χ0) is 23.4. The van der Waals surface area contributed by atoms with Gasteiger partial charge in [-0.25, -0.2) is 9.48 Å². The molecule has 33 heavy (non-hydrogen) atoms. The number of aromatic nitrogens is 2. The highest BCUT2D eigenvalue weighted by molar-refractivity contribution is 6.32. The number of rotatable bonds is 6. The molecule has 2 amide bonds. The number of nitrogens with one attached hydrogen (secondary N) is 2. The minimum atomic E-state index is -0.397. The molecule has 3 aromatic carbocycles. The number of anilines is 2. The van der Waals surface area contributed by atoms with E-state index >= 15 is 0 Å². The van der Waals surface area contributed by atoms with Crippen LogP contribution in [0.1, 0.15) is 18.5 Å². The molecule has 168 valence electrons. The molecular weight excluding hydrogens is 438 g/mol. The molecule has 8 heteroatoms. The van der Waals surface area contributed by atoms with Gasteiger partial charge in [0.1, 0.15) is 17.1 Å². The number of halogens is 1. The van der Waals surface area contributed by atoms with Crippen LogP contribution in [-0.2, 0) is 0 Å². The summed E-state index contributed by atoms with van der Waals surface area (Å²) in [5.74, 6) is 0.970. The zero-order valence-electron chi connectivity index (χ0n) is 18.2. The molecule has 0 saturated heterocycles. The quantitative estimate of drug-likeness (QED) is 0.345. The number of benzene rings is 3. The van der Waals surface area contributed by atoms with Crippen LogP contribution < -0.4 is 21.1 Å². The van der Waals surface area contributed by atoms with Crippen LogP contribution in [0.4, 0.5) is 16.3 Å². The number of nitrogens with zero attached hydrogens (tertiary/aromatic N) is 2.